The molecule has 0 N–H and O–H groups in total. The van der Waals surface area contributed by atoms with Gasteiger partial charge in [0.2, 0.25) is 0 Å². The summed E-state index contributed by atoms with van der Waals surface area (Å²) >= 11 is 1.56. The van der Waals surface area contributed by atoms with Gasteiger partial charge in [0.05, 0.1) is 4.88 Å². The van der Waals surface area contributed by atoms with Gasteiger partial charge in [-0.05, 0) is 36.3 Å². The topological polar surface area (TPSA) is 34.1 Å². The van der Waals surface area contributed by atoms with Crippen LogP contribution in [0.5, 0.6) is 0 Å². The summed E-state index contributed by atoms with van der Waals surface area (Å²) in [5.74, 6) is 0.645. The smallest absolute Gasteiger partial charge is 0.170 e. The molecule has 78 valence electrons. The minimum Gasteiger partial charge on any atom is -0.307 e. The third kappa shape index (κ3) is 2.77. The highest BCUT2D eigenvalue weighted by atomic mass is 32.1. The number of carbonyl (C=O) groups excluding carboxylic acids is 2. The molecule has 1 rings (SSSR count). The second-order valence-corrected chi connectivity index (χ2v) is 4.25. The highest BCUT2D eigenvalue weighted by molar-refractivity contribution is 7.12. The Bertz CT molecular complexity index is 313. The summed E-state index contributed by atoms with van der Waals surface area (Å²) in [5, 5.41) is 2.06. The third-order valence-corrected chi connectivity index (χ3v) is 3.13. The van der Waals surface area contributed by atoms with E-state index in [9.17, 15) is 4.79 Å². The fraction of sp³-hybridized carbons (Fsp3) is 0.455. The highest BCUT2D eigenvalue weighted by Gasteiger charge is 2.14. The zero-order valence-electron chi connectivity index (χ0n) is 9.09. The monoisotopic (exact) mass is 212 g/mol. The van der Waals surface area contributed by atoms with Crippen LogP contribution >= 0.6 is 11.3 Å². The minimum atomic E-state index is 0.191. The molecular formula is C11H16O2S. The molecule has 0 amide bonds. The maximum Gasteiger partial charge on any atom is 0.170 e. The first-order valence-corrected chi connectivity index (χ1v) is 5.29. The van der Waals surface area contributed by atoms with E-state index in [-0.39, 0.29) is 5.78 Å². The van der Waals surface area contributed by atoms with Gasteiger partial charge in [-0.25, -0.2) is 0 Å². The number of hydrogen-bond acceptors (Lipinski definition) is 3. The van der Waals surface area contributed by atoms with E-state index >= 15 is 0 Å². The first kappa shape index (κ1) is 13.0. The van der Waals surface area contributed by atoms with Gasteiger partial charge in [-0.2, -0.15) is 0 Å². The molecule has 3 heteroatoms. The summed E-state index contributed by atoms with van der Waals surface area (Å²) in [7, 11) is 0. The lowest BCUT2D eigenvalue weighted by Gasteiger charge is -2.06. The van der Waals surface area contributed by atoms with Crippen LogP contribution in [0.2, 0.25) is 0 Å². The highest BCUT2D eigenvalue weighted by Crippen LogP contribution is 2.29. The van der Waals surface area contributed by atoms with Gasteiger partial charge in [0.15, 0.2) is 5.78 Å². The Labute approximate surface area is 89.0 Å². The van der Waals surface area contributed by atoms with Crippen molar-refractivity contribution >= 4 is 23.9 Å². The van der Waals surface area contributed by atoms with Crippen molar-refractivity contribution in [3.63, 3.8) is 0 Å². The van der Waals surface area contributed by atoms with Crippen molar-refractivity contribution in [1.29, 1.82) is 0 Å². The molecule has 0 saturated heterocycles. The van der Waals surface area contributed by atoms with E-state index in [0.29, 0.717) is 5.92 Å². The first-order chi connectivity index (χ1) is 6.54. The number of rotatable bonds is 2. The summed E-state index contributed by atoms with van der Waals surface area (Å²) in [5.41, 5.74) is 2.48. The Hall–Kier alpha value is -0.960. The molecule has 0 aliphatic heterocycles. The van der Waals surface area contributed by atoms with E-state index in [1.807, 2.05) is 6.79 Å². The average Bonchev–Trinajstić information content (AvgIpc) is 2.50. The molecule has 0 aliphatic rings. The van der Waals surface area contributed by atoms with Crippen LogP contribution in [0.4, 0.5) is 0 Å². The molecule has 0 aliphatic carbocycles. The SMILES string of the molecule is C=O.CC(=O)c1scc(C)c1C(C)C. The molecule has 1 heterocycles. The molecule has 2 nitrogen and oxygen atoms in total. The van der Waals surface area contributed by atoms with E-state index in [0.717, 1.165) is 4.88 Å². The Kier molecular flexibility index (Phi) is 5.31. The third-order valence-electron chi connectivity index (χ3n) is 1.92. The van der Waals surface area contributed by atoms with Crippen molar-refractivity contribution in [3.05, 3.63) is 21.4 Å². The minimum absolute atomic E-state index is 0.191. The summed E-state index contributed by atoms with van der Waals surface area (Å²) < 4.78 is 0. The summed E-state index contributed by atoms with van der Waals surface area (Å²) in [6, 6.07) is 0. The Morgan fingerprint density at radius 1 is 1.43 bits per heavy atom. The lowest BCUT2D eigenvalue weighted by molar-refractivity contribution is -0.0979. The van der Waals surface area contributed by atoms with Crippen molar-refractivity contribution in [2.24, 2.45) is 0 Å². The number of hydrogen-bond donors (Lipinski definition) is 0. The predicted molar refractivity (Wildman–Crippen MR) is 60.3 cm³/mol. The normalized spacial score (nSPS) is 9.50. The van der Waals surface area contributed by atoms with E-state index in [2.05, 4.69) is 26.2 Å². The van der Waals surface area contributed by atoms with Crippen LogP contribution in [-0.2, 0) is 4.79 Å². The molecule has 1 aromatic rings. The van der Waals surface area contributed by atoms with Crippen LogP contribution < -0.4 is 0 Å². The van der Waals surface area contributed by atoms with Gasteiger partial charge in [0, 0.05) is 0 Å². The second-order valence-electron chi connectivity index (χ2n) is 3.37. The van der Waals surface area contributed by atoms with Crippen LogP contribution in [0, 0.1) is 6.92 Å². The van der Waals surface area contributed by atoms with Crippen LogP contribution in [0.3, 0.4) is 0 Å². The lowest BCUT2D eigenvalue weighted by atomic mass is 9.99. The fourth-order valence-electron chi connectivity index (χ4n) is 1.44. The molecule has 0 spiro atoms. The number of carbonyl (C=O) groups is 2. The Morgan fingerprint density at radius 2 is 1.93 bits per heavy atom. The molecule has 0 fully saturated rings. The van der Waals surface area contributed by atoms with E-state index in [1.54, 1.807) is 18.3 Å². The molecular weight excluding hydrogens is 196 g/mol. The fourth-order valence-corrected chi connectivity index (χ4v) is 2.55. The molecule has 0 aromatic carbocycles. The zero-order valence-corrected chi connectivity index (χ0v) is 9.90. The van der Waals surface area contributed by atoms with Crippen LogP contribution in [0.15, 0.2) is 5.38 Å². The van der Waals surface area contributed by atoms with Gasteiger partial charge in [0.25, 0.3) is 0 Å². The van der Waals surface area contributed by atoms with Crippen LogP contribution in [0.25, 0.3) is 0 Å². The van der Waals surface area contributed by atoms with Gasteiger partial charge < -0.3 is 4.79 Å². The molecule has 1 aromatic heterocycles. The standard InChI is InChI=1S/C10H14OS.CH2O/c1-6(2)9-7(3)5-12-10(9)8(4)11;1-2/h5-6H,1-4H3;1H2. The maximum atomic E-state index is 11.2. The Balaban J connectivity index is 0.000000791. The number of Topliss-reactive ketones (excluding diaryl/α,β-unsaturated/α-hetero) is 1. The van der Waals surface area contributed by atoms with Gasteiger partial charge in [-0.15, -0.1) is 11.3 Å². The Morgan fingerprint density at radius 3 is 2.21 bits per heavy atom. The quantitative estimate of drug-likeness (QED) is 0.705. The maximum absolute atomic E-state index is 11.2. The van der Waals surface area contributed by atoms with E-state index in [4.69, 9.17) is 4.79 Å². The van der Waals surface area contributed by atoms with Crippen LogP contribution in [-0.4, -0.2) is 12.6 Å². The van der Waals surface area contributed by atoms with Gasteiger partial charge in [-0.3, -0.25) is 4.79 Å². The summed E-state index contributed by atoms with van der Waals surface area (Å²) in [6.07, 6.45) is 0. The van der Waals surface area contributed by atoms with Crippen molar-refractivity contribution in [2.45, 2.75) is 33.6 Å². The zero-order chi connectivity index (χ0) is 11.3. The second kappa shape index (κ2) is 5.70. The summed E-state index contributed by atoms with van der Waals surface area (Å²) in [4.78, 5) is 20.1. The molecule has 0 radical (unpaired) electrons. The molecule has 0 atom stereocenters. The van der Waals surface area contributed by atoms with Gasteiger partial charge in [-0.1, -0.05) is 13.8 Å². The first-order valence-electron chi connectivity index (χ1n) is 4.41. The van der Waals surface area contributed by atoms with E-state index in [1.165, 1.54) is 11.1 Å². The molecule has 0 saturated carbocycles. The van der Waals surface area contributed by atoms with Crippen molar-refractivity contribution in [3.8, 4) is 0 Å². The molecule has 0 unspecified atom stereocenters. The van der Waals surface area contributed by atoms with Crippen molar-refractivity contribution < 1.29 is 9.59 Å². The number of ketones is 1. The van der Waals surface area contributed by atoms with Crippen molar-refractivity contribution in [1.82, 2.24) is 0 Å². The van der Waals surface area contributed by atoms with Gasteiger partial charge >= 0.3 is 0 Å². The average molecular weight is 212 g/mol. The summed E-state index contributed by atoms with van der Waals surface area (Å²) in [6.45, 7) is 9.96. The number of aryl methyl sites for hydroxylation is 1. The lowest BCUT2D eigenvalue weighted by Crippen LogP contribution is -1.97. The van der Waals surface area contributed by atoms with Gasteiger partial charge in [0.1, 0.15) is 6.79 Å². The molecule has 0 bridgehead atoms. The molecule has 14 heavy (non-hydrogen) atoms. The largest absolute Gasteiger partial charge is 0.307 e. The van der Waals surface area contributed by atoms with Crippen molar-refractivity contribution in [2.75, 3.05) is 0 Å². The van der Waals surface area contributed by atoms with Crippen LogP contribution in [0.1, 0.15) is 47.5 Å². The number of thiophene rings is 1. The van der Waals surface area contributed by atoms with E-state index < -0.39 is 0 Å². The predicted octanol–water partition coefficient (Wildman–Crippen LogP) is 3.20.